The van der Waals surface area contributed by atoms with Gasteiger partial charge in [0, 0.05) is 38.8 Å². The summed E-state index contributed by atoms with van der Waals surface area (Å²) in [5.41, 5.74) is 0. The van der Waals surface area contributed by atoms with Gasteiger partial charge in [-0.05, 0) is 26.7 Å². The van der Waals surface area contributed by atoms with Crippen LogP contribution in [0.4, 0.5) is 0 Å². The Hall–Kier alpha value is -2.90. The molecule has 0 heterocycles. The predicted octanol–water partition coefficient (Wildman–Crippen LogP) is 4.38. The summed E-state index contributed by atoms with van der Waals surface area (Å²) in [7, 11) is 0. The van der Waals surface area contributed by atoms with Crippen molar-refractivity contribution in [3.05, 3.63) is 0 Å². The van der Waals surface area contributed by atoms with Crippen molar-refractivity contribution in [3.63, 3.8) is 0 Å². The number of carbonyl (C=O) groups excluding carboxylic acids is 5. The third-order valence-electron chi connectivity index (χ3n) is 7.67. The number of unbranched alkanes of at least 4 members (excludes halogenated alkanes) is 13. The Bertz CT molecular complexity index is 899. The number of nitrogens with zero attached hydrogens (tertiary/aromatic N) is 1. The molecule has 3 N–H and O–H groups in total. The first-order valence-electron chi connectivity index (χ1n) is 18.4. The van der Waals surface area contributed by atoms with Crippen LogP contribution in [0.25, 0.3) is 0 Å². The number of carboxylic acid groups (broad SMARTS) is 1. The Morgan fingerprint density at radius 3 is 1.33 bits per heavy atom. The van der Waals surface area contributed by atoms with Crippen LogP contribution in [-0.4, -0.2) is 111 Å². The lowest BCUT2D eigenvalue weighted by Gasteiger charge is -2.20. The highest BCUT2D eigenvalue weighted by atomic mass is 16.5. The lowest BCUT2D eigenvalue weighted by atomic mass is 10.0. The number of amides is 3. The van der Waals surface area contributed by atoms with E-state index in [1.54, 1.807) is 0 Å². The van der Waals surface area contributed by atoms with E-state index in [1.807, 2.05) is 0 Å². The maximum absolute atomic E-state index is 12.2. The monoisotopic (exact) mass is 699 g/mol. The van der Waals surface area contributed by atoms with Gasteiger partial charge >= 0.3 is 5.97 Å². The molecule has 0 aromatic heterocycles. The second kappa shape index (κ2) is 33.6. The highest BCUT2D eigenvalue weighted by Gasteiger charge is 2.17. The van der Waals surface area contributed by atoms with Gasteiger partial charge in [-0.3, -0.25) is 28.8 Å². The van der Waals surface area contributed by atoms with E-state index in [2.05, 4.69) is 10.6 Å². The third kappa shape index (κ3) is 34.8. The van der Waals surface area contributed by atoms with Crippen molar-refractivity contribution in [2.45, 2.75) is 129 Å². The molecule has 0 aliphatic heterocycles. The standard InChI is InChI=1S/C36H65N3O10/c1-31(40)29-39(30-32(2)41)35(44)19-21-37-34(43)20-23-47-25-27-49-28-26-48-24-22-38-33(42)17-15-13-11-9-7-5-3-4-6-8-10-12-14-16-18-36(45)46/h3-30H2,1-2H3,(H,37,43)(H,38,42)(H,45,46). The summed E-state index contributed by atoms with van der Waals surface area (Å²) >= 11 is 0. The molecule has 0 aromatic rings. The van der Waals surface area contributed by atoms with Gasteiger partial charge in [0.05, 0.1) is 52.7 Å². The van der Waals surface area contributed by atoms with Gasteiger partial charge in [0.2, 0.25) is 17.7 Å². The van der Waals surface area contributed by atoms with Crippen molar-refractivity contribution in [1.82, 2.24) is 15.5 Å². The average molecular weight is 700 g/mol. The molecule has 49 heavy (non-hydrogen) atoms. The number of carboxylic acids is 1. The molecule has 0 atom stereocenters. The van der Waals surface area contributed by atoms with E-state index in [-0.39, 0.29) is 68.4 Å². The summed E-state index contributed by atoms with van der Waals surface area (Å²) < 4.78 is 16.3. The van der Waals surface area contributed by atoms with E-state index < -0.39 is 5.97 Å². The minimum absolute atomic E-state index is 0.00106. The summed E-state index contributed by atoms with van der Waals surface area (Å²) in [4.78, 5) is 70.4. The van der Waals surface area contributed by atoms with Crippen LogP contribution < -0.4 is 10.6 Å². The summed E-state index contributed by atoms with van der Waals surface area (Å²) in [5, 5.41) is 14.1. The van der Waals surface area contributed by atoms with Crippen LogP contribution in [0.1, 0.15) is 129 Å². The van der Waals surface area contributed by atoms with Crippen molar-refractivity contribution >= 4 is 35.3 Å². The molecular weight excluding hydrogens is 634 g/mol. The van der Waals surface area contributed by atoms with Crippen molar-refractivity contribution < 1.29 is 48.1 Å². The van der Waals surface area contributed by atoms with Gasteiger partial charge in [0.25, 0.3) is 0 Å². The number of Topliss-reactive ketones (excluding diaryl/α,β-unsaturated/α-hetero) is 2. The van der Waals surface area contributed by atoms with Crippen LogP contribution in [0.5, 0.6) is 0 Å². The minimum Gasteiger partial charge on any atom is -0.481 e. The van der Waals surface area contributed by atoms with Crippen molar-refractivity contribution in [1.29, 1.82) is 0 Å². The van der Waals surface area contributed by atoms with Crippen LogP contribution in [0.15, 0.2) is 0 Å². The second-order valence-electron chi connectivity index (χ2n) is 12.5. The summed E-state index contributed by atoms with van der Waals surface area (Å²) in [6, 6.07) is 0. The molecule has 0 spiro atoms. The van der Waals surface area contributed by atoms with Gasteiger partial charge in [-0.25, -0.2) is 0 Å². The Balaban J connectivity index is 3.42. The molecule has 0 saturated heterocycles. The maximum atomic E-state index is 12.2. The number of ketones is 2. The number of carbonyl (C=O) groups is 6. The number of hydrogen-bond donors (Lipinski definition) is 3. The molecule has 0 unspecified atom stereocenters. The number of hydrogen-bond acceptors (Lipinski definition) is 9. The van der Waals surface area contributed by atoms with Crippen LogP contribution in [0.3, 0.4) is 0 Å². The van der Waals surface area contributed by atoms with Crippen LogP contribution >= 0.6 is 0 Å². The molecular formula is C36H65N3O10. The zero-order valence-electron chi connectivity index (χ0n) is 30.4. The molecule has 0 rings (SSSR count). The van der Waals surface area contributed by atoms with E-state index in [1.165, 1.54) is 76.5 Å². The molecule has 0 saturated carbocycles. The summed E-state index contributed by atoms with van der Waals surface area (Å²) in [6.45, 7) is 5.15. The number of aliphatic carboxylic acids is 1. The van der Waals surface area contributed by atoms with E-state index in [0.29, 0.717) is 52.4 Å². The first kappa shape index (κ1) is 46.1. The normalized spacial score (nSPS) is 10.9. The van der Waals surface area contributed by atoms with E-state index in [4.69, 9.17) is 19.3 Å². The Morgan fingerprint density at radius 1 is 0.469 bits per heavy atom. The molecule has 0 aliphatic carbocycles. The lowest BCUT2D eigenvalue weighted by molar-refractivity contribution is -0.137. The molecule has 13 nitrogen and oxygen atoms in total. The minimum atomic E-state index is -0.693. The number of nitrogens with one attached hydrogen (secondary N) is 2. The average Bonchev–Trinajstić information content (AvgIpc) is 3.04. The van der Waals surface area contributed by atoms with E-state index in [9.17, 15) is 28.8 Å². The Morgan fingerprint density at radius 2 is 0.857 bits per heavy atom. The molecule has 0 aliphatic rings. The Labute approximate surface area is 293 Å². The molecule has 0 radical (unpaired) electrons. The molecule has 13 heteroatoms. The topological polar surface area (TPSA) is 178 Å². The van der Waals surface area contributed by atoms with Crippen molar-refractivity contribution in [2.75, 3.05) is 65.8 Å². The smallest absolute Gasteiger partial charge is 0.303 e. The molecule has 3 amide bonds. The fraction of sp³-hybridized carbons (Fsp3) is 0.833. The zero-order chi connectivity index (χ0) is 36.4. The van der Waals surface area contributed by atoms with E-state index >= 15 is 0 Å². The number of ether oxygens (including phenoxy) is 3. The first-order chi connectivity index (χ1) is 23.6. The van der Waals surface area contributed by atoms with Crippen LogP contribution in [-0.2, 0) is 43.0 Å². The largest absolute Gasteiger partial charge is 0.481 e. The zero-order valence-corrected chi connectivity index (χ0v) is 30.4. The highest BCUT2D eigenvalue weighted by Crippen LogP contribution is 2.13. The highest BCUT2D eigenvalue weighted by molar-refractivity contribution is 5.89. The van der Waals surface area contributed by atoms with Gasteiger partial charge in [0.15, 0.2) is 0 Å². The molecule has 284 valence electrons. The number of rotatable bonds is 36. The van der Waals surface area contributed by atoms with Gasteiger partial charge in [-0.2, -0.15) is 0 Å². The molecule has 0 fully saturated rings. The summed E-state index contributed by atoms with van der Waals surface area (Å²) in [5.74, 6) is -1.69. The molecule has 0 bridgehead atoms. The SMILES string of the molecule is CC(=O)CN(CC(C)=O)C(=O)CCNC(=O)CCOCCOCCOCCNC(=O)CCCCCCCCCCCCCCCCC(=O)O. The van der Waals surface area contributed by atoms with Crippen LogP contribution in [0, 0.1) is 0 Å². The Kier molecular flexibility index (Phi) is 31.6. The predicted molar refractivity (Wildman–Crippen MR) is 187 cm³/mol. The van der Waals surface area contributed by atoms with Gasteiger partial charge in [0.1, 0.15) is 11.6 Å². The quantitative estimate of drug-likeness (QED) is 0.0796. The van der Waals surface area contributed by atoms with Gasteiger partial charge in [-0.1, -0.05) is 77.0 Å². The van der Waals surface area contributed by atoms with E-state index in [0.717, 1.165) is 32.1 Å². The summed E-state index contributed by atoms with van der Waals surface area (Å²) in [6.07, 6.45) is 17.2. The maximum Gasteiger partial charge on any atom is 0.303 e. The molecule has 0 aromatic carbocycles. The fourth-order valence-electron chi connectivity index (χ4n) is 5.07. The van der Waals surface area contributed by atoms with Crippen molar-refractivity contribution in [3.8, 4) is 0 Å². The van der Waals surface area contributed by atoms with Gasteiger partial charge in [-0.15, -0.1) is 0 Å². The van der Waals surface area contributed by atoms with Gasteiger partial charge < -0.3 is 34.9 Å². The second-order valence-corrected chi connectivity index (χ2v) is 12.5. The van der Waals surface area contributed by atoms with Crippen molar-refractivity contribution in [2.24, 2.45) is 0 Å². The lowest BCUT2D eigenvalue weighted by Crippen LogP contribution is -2.40. The van der Waals surface area contributed by atoms with Crippen LogP contribution in [0.2, 0.25) is 0 Å². The fourth-order valence-corrected chi connectivity index (χ4v) is 5.07. The first-order valence-corrected chi connectivity index (χ1v) is 18.4. The third-order valence-corrected chi connectivity index (χ3v) is 7.67.